The Morgan fingerprint density at radius 3 is 2.25 bits per heavy atom. The number of hydrogen-bond donors (Lipinski definition) is 1. The molecule has 90 valence electrons. The normalized spacial score (nSPS) is 12.6. The zero-order valence-corrected chi connectivity index (χ0v) is 9.79. The van der Waals surface area contributed by atoms with E-state index in [-0.39, 0.29) is 9.79 Å². The second-order valence-electron chi connectivity index (χ2n) is 2.62. The van der Waals surface area contributed by atoms with Crippen LogP contribution in [0.3, 0.4) is 0 Å². The quantitative estimate of drug-likeness (QED) is 0.673. The Morgan fingerprint density at radius 1 is 1.31 bits per heavy atom. The molecule has 0 heterocycles. The summed E-state index contributed by atoms with van der Waals surface area (Å²) in [5.41, 5.74) is 0. The minimum absolute atomic E-state index is 0.225. The maximum absolute atomic E-state index is 11.8. The predicted molar refractivity (Wildman–Crippen MR) is 53.4 cm³/mol. The van der Waals surface area contributed by atoms with Crippen LogP contribution in [0, 0.1) is 0 Å². The van der Waals surface area contributed by atoms with Crippen molar-refractivity contribution >= 4 is 32.4 Å². The van der Waals surface area contributed by atoms with E-state index in [4.69, 9.17) is 10.7 Å². The molecule has 0 aliphatic carbocycles. The van der Waals surface area contributed by atoms with Gasteiger partial charge in [-0.3, -0.25) is 0 Å². The van der Waals surface area contributed by atoms with E-state index < -0.39 is 21.2 Å². The first-order chi connectivity index (χ1) is 7.09. The van der Waals surface area contributed by atoms with Crippen molar-refractivity contribution in [1.29, 1.82) is 0 Å². The summed E-state index contributed by atoms with van der Waals surface area (Å²) in [4.78, 5) is -0.608. The lowest BCUT2D eigenvalue weighted by atomic mass is 10.3. The van der Waals surface area contributed by atoms with Gasteiger partial charge < -0.3 is 4.74 Å². The molecule has 9 heteroatoms. The van der Waals surface area contributed by atoms with Crippen LogP contribution < -0.4 is 4.74 Å². The van der Waals surface area contributed by atoms with Crippen molar-refractivity contribution in [3.05, 3.63) is 18.2 Å². The molecule has 0 N–H and O–H groups in total. The van der Waals surface area contributed by atoms with Crippen molar-refractivity contribution in [3.8, 4) is 5.75 Å². The van der Waals surface area contributed by atoms with Crippen molar-refractivity contribution in [2.75, 3.05) is 0 Å². The Bertz CT molecular complexity index is 498. The number of hydrogen-bond acceptors (Lipinski definition) is 4. The molecular formula is C7H4ClF3O3S2. The van der Waals surface area contributed by atoms with Crippen LogP contribution in [0.15, 0.2) is 28.0 Å². The highest BCUT2D eigenvalue weighted by Crippen LogP contribution is 2.30. The number of alkyl halides is 3. The van der Waals surface area contributed by atoms with Crippen LogP contribution in [0.4, 0.5) is 13.2 Å². The number of thiol groups is 1. The minimum atomic E-state index is -4.85. The van der Waals surface area contributed by atoms with E-state index in [9.17, 15) is 21.6 Å². The Morgan fingerprint density at radius 2 is 1.88 bits per heavy atom. The third kappa shape index (κ3) is 3.76. The van der Waals surface area contributed by atoms with Crippen LogP contribution in [-0.2, 0) is 9.05 Å². The first-order valence-electron chi connectivity index (χ1n) is 3.63. The summed E-state index contributed by atoms with van der Waals surface area (Å²) in [6.45, 7) is 0. The number of benzene rings is 1. The molecule has 1 rings (SSSR count). The molecule has 0 amide bonds. The predicted octanol–water partition coefficient (Wildman–Crippen LogP) is 2.80. The molecule has 3 nitrogen and oxygen atoms in total. The highest BCUT2D eigenvalue weighted by atomic mass is 35.7. The molecule has 0 spiro atoms. The van der Waals surface area contributed by atoms with E-state index in [1.807, 2.05) is 0 Å². The summed E-state index contributed by atoms with van der Waals surface area (Å²) in [5, 5.41) is 0. The smallest absolute Gasteiger partial charge is 0.406 e. The van der Waals surface area contributed by atoms with E-state index in [0.29, 0.717) is 0 Å². The van der Waals surface area contributed by atoms with Gasteiger partial charge in [-0.15, -0.1) is 25.8 Å². The van der Waals surface area contributed by atoms with Crippen LogP contribution in [0.1, 0.15) is 0 Å². The van der Waals surface area contributed by atoms with E-state index in [0.717, 1.165) is 18.2 Å². The van der Waals surface area contributed by atoms with Crippen LogP contribution in [0.2, 0.25) is 0 Å². The molecule has 0 aromatic heterocycles. The molecule has 1 aromatic rings. The molecule has 0 aliphatic rings. The first kappa shape index (κ1) is 13.5. The van der Waals surface area contributed by atoms with Crippen LogP contribution >= 0.6 is 23.3 Å². The summed E-state index contributed by atoms with van der Waals surface area (Å²) in [6.07, 6.45) is -4.85. The molecule has 0 aliphatic heterocycles. The standard InChI is InChI=1S/C7H4ClF3O3S2/c8-16(12,13)6-2-1-4(3-5(6)15)14-7(9,10)11/h1-3,15H. The maximum Gasteiger partial charge on any atom is 0.573 e. The van der Waals surface area contributed by atoms with Crippen molar-refractivity contribution in [1.82, 2.24) is 0 Å². The third-order valence-corrected chi connectivity index (χ3v) is 3.33. The van der Waals surface area contributed by atoms with Gasteiger partial charge in [-0.05, 0) is 18.2 Å². The summed E-state index contributed by atoms with van der Waals surface area (Å²) in [6, 6.07) is 2.53. The van der Waals surface area contributed by atoms with Gasteiger partial charge in [-0.25, -0.2) is 8.42 Å². The van der Waals surface area contributed by atoms with Gasteiger partial charge in [0.25, 0.3) is 9.05 Å². The van der Waals surface area contributed by atoms with Gasteiger partial charge in [0.2, 0.25) is 0 Å². The van der Waals surface area contributed by atoms with Crippen LogP contribution in [-0.4, -0.2) is 14.8 Å². The van der Waals surface area contributed by atoms with Gasteiger partial charge in [0, 0.05) is 15.6 Å². The lowest BCUT2D eigenvalue weighted by Crippen LogP contribution is -2.17. The van der Waals surface area contributed by atoms with Gasteiger partial charge in [0.15, 0.2) is 0 Å². The summed E-state index contributed by atoms with van der Waals surface area (Å²) >= 11 is 3.70. The number of rotatable bonds is 2. The molecule has 0 atom stereocenters. The Balaban J connectivity index is 3.10. The summed E-state index contributed by atoms with van der Waals surface area (Å²) < 4.78 is 60.8. The Kier molecular flexibility index (Phi) is 3.65. The lowest BCUT2D eigenvalue weighted by molar-refractivity contribution is -0.274. The molecule has 0 saturated carbocycles. The fraction of sp³-hybridized carbons (Fsp3) is 0.143. The number of halogens is 4. The Labute approximate surface area is 99.0 Å². The Hall–Kier alpha value is -0.600. The maximum atomic E-state index is 11.8. The van der Waals surface area contributed by atoms with Crippen molar-refractivity contribution in [2.45, 2.75) is 16.2 Å². The monoisotopic (exact) mass is 292 g/mol. The number of ether oxygens (including phenoxy) is 1. The average molecular weight is 293 g/mol. The van der Waals surface area contributed by atoms with Gasteiger partial charge in [0.05, 0.1) is 4.90 Å². The van der Waals surface area contributed by atoms with Gasteiger partial charge >= 0.3 is 6.36 Å². The van der Waals surface area contributed by atoms with E-state index in [2.05, 4.69) is 17.4 Å². The molecule has 1 aromatic carbocycles. The molecule has 0 bridgehead atoms. The van der Waals surface area contributed by atoms with Crippen LogP contribution in [0.5, 0.6) is 5.75 Å². The summed E-state index contributed by atoms with van der Waals surface area (Å²) in [5.74, 6) is -0.568. The molecular weight excluding hydrogens is 289 g/mol. The molecule has 0 fully saturated rings. The van der Waals surface area contributed by atoms with Crippen LogP contribution in [0.25, 0.3) is 0 Å². The molecule has 0 radical (unpaired) electrons. The largest absolute Gasteiger partial charge is 0.573 e. The molecule has 0 unspecified atom stereocenters. The second kappa shape index (κ2) is 4.34. The fourth-order valence-corrected chi connectivity index (χ4v) is 2.57. The van der Waals surface area contributed by atoms with Crippen molar-refractivity contribution in [3.63, 3.8) is 0 Å². The highest BCUT2D eigenvalue weighted by molar-refractivity contribution is 8.14. The molecule has 16 heavy (non-hydrogen) atoms. The minimum Gasteiger partial charge on any atom is -0.406 e. The summed E-state index contributed by atoms with van der Waals surface area (Å²) in [7, 11) is 0.975. The lowest BCUT2D eigenvalue weighted by Gasteiger charge is -2.09. The molecule has 0 saturated heterocycles. The van der Waals surface area contributed by atoms with E-state index >= 15 is 0 Å². The zero-order chi connectivity index (χ0) is 12.6. The van der Waals surface area contributed by atoms with E-state index in [1.165, 1.54) is 0 Å². The van der Waals surface area contributed by atoms with Gasteiger partial charge in [-0.2, -0.15) is 0 Å². The van der Waals surface area contributed by atoms with Gasteiger partial charge in [-0.1, -0.05) is 0 Å². The average Bonchev–Trinajstić information content (AvgIpc) is 1.97. The topological polar surface area (TPSA) is 43.4 Å². The SMILES string of the molecule is O=S(=O)(Cl)c1ccc(OC(F)(F)F)cc1S. The van der Waals surface area contributed by atoms with E-state index in [1.54, 1.807) is 0 Å². The highest BCUT2D eigenvalue weighted by Gasteiger charge is 2.31. The third-order valence-electron chi connectivity index (χ3n) is 1.43. The zero-order valence-electron chi connectivity index (χ0n) is 7.32. The first-order valence-corrected chi connectivity index (χ1v) is 6.39. The van der Waals surface area contributed by atoms with Crippen molar-refractivity contribution < 1.29 is 26.3 Å². The van der Waals surface area contributed by atoms with Crippen molar-refractivity contribution in [2.24, 2.45) is 0 Å². The second-order valence-corrected chi connectivity index (χ2v) is 5.63. The fourth-order valence-electron chi connectivity index (χ4n) is 0.900. The van der Waals surface area contributed by atoms with Gasteiger partial charge in [0.1, 0.15) is 5.75 Å².